The first-order chi connectivity index (χ1) is 14.7. The molecule has 0 bridgehead atoms. The summed E-state index contributed by atoms with van der Waals surface area (Å²) in [4.78, 5) is 28.9. The van der Waals surface area contributed by atoms with Crippen molar-refractivity contribution in [2.24, 2.45) is 0 Å². The molecule has 1 N–H and O–H groups in total. The first kappa shape index (κ1) is 19.7. The molecule has 0 amide bonds. The minimum atomic E-state index is -0.626. The molecule has 1 atom stereocenters. The summed E-state index contributed by atoms with van der Waals surface area (Å²) in [6, 6.07) is 3.82. The zero-order valence-electron chi connectivity index (χ0n) is 16.9. The summed E-state index contributed by atoms with van der Waals surface area (Å²) < 4.78 is 7.20. The SMILES string of the molecule is CCCc1nc(-c2cccnc2)cn2c(C(Cc3cnc[nH]3)C(=O)OCC)nnc12. The molecule has 0 saturated heterocycles. The van der Waals surface area contributed by atoms with Crippen molar-refractivity contribution in [1.29, 1.82) is 0 Å². The molecule has 4 aromatic rings. The number of hydrogen-bond donors (Lipinski definition) is 1. The molecule has 0 fully saturated rings. The minimum absolute atomic E-state index is 0.290. The average Bonchev–Trinajstić information content (AvgIpc) is 3.43. The topological polar surface area (TPSA) is 111 Å². The maximum Gasteiger partial charge on any atom is 0.317 e. The fourth-order valence-corrected chi connectivity index (χ4v) is 3.41. The fraction of sp³-hybridized carbons (Fsp3) is 0.333. The van der Waals surface area contributed by atoms with Gasteiger partial charge in [-0.3, -0.25) is 14.2 Å². The third kappa shape index (κ3) is 3.91. The van der Waals surface area contributed by atoms with E-state index >= 15 is 0 Å². The van der Waals surface area contributed by atoms with Crippen LogP contribution >= 0.6 is 0 Å². The molecule has 4 aromatic heterocycles. The van der Waals surface area contributed by atoms with Gasteiger partial charge in [-0.15, -0.1) is 10.2 Å². The maximum absolute atomic E-state index is 12.8. The molecule has 154 valence electrons. The molecule has 0 saturated carbocycles. The van der Waals surface area contributed by atoms with Gasteiger partial charge in [-0.2, -0.15) is 0 Å². The molecular formula is C21H23N7O2. The van der Waals surface area contributed by atoms with Gasteiger partial charge < -0.3 is 9.72 Å². The number of rotatable bonds is 8. The third-order valence-electron chi connectivity index (χ3n) is 4.79. The Hall–Kier alpha value is -3.62. The van der Waals surface area contributed by atoms with Crippen LogP contribution in [0.2, 0.25) is 0 Å². The Morgan fingerprint density at radius 1 is 1.23 bits per heavy atom. The molecule has 4 rings (SSSR count). The first-order valence-electron chi connectivity index (χ1n) is 10.00. The number of nitrogens with one attached hydrogen (secondary N) is 1. The van der Waals surface area contributed by atoms with Crippen LogP contribution in [-0.2, 0) is 22.4 Å². The summed E-state index contributed by atoms with van der Waals surface area (Å²) in [5.41, 5.74) is 3.95. The summed E-state index contributed by atoms with van der Waals surface area (Å²) in [6.45, 7) is 4.17. The number of fused-ring (bicyclic) bond motifs is 1. The van der Waals surface area contributed by atoms with Crippen LogP contribution < -0.4 is 0 Å². The Morgan fingerprint density at radius 2 is 2.13 bits per heavy atom. The number of carbonyl (C=O) groups excluding carboxylic acids is 1. The van der Waals surface area contributed by atoms with Crippen molar-refractivity contribution >= 4 is 11.6 Å². The van der Waals surface area contributed by atoms with Gasteiger partial charge in [-0.1, -0.05) is 13.3 Å². The number of aromatic nitrogens is 7. The second-order valence-electron chi connectivity index (χ2n) is 6.90. The van der Waals surface area contributed by atoms with Crippen LogP contribution in [0.15, 0.2) is 43.2 Å². The Morgan fingerprint density at radius 3 is 2.83 bits per heavy atom. The molecule has 0 aromatic carbocycles. The highest BCUT2D eigenvalue weighted by Gasteiger charge is 2.29. The summed E-state index contributed by atoms with van der Waals surface area (Å²) in [5, 5.41) is 8.75. The molecule has 1 unspecified atom stereocenters. The quantitative estimate of drug-likeness (QED) is 0.449. The molecule has 0 aliphatic carbocycles. The van der Waals surface area contributed by atoms with Crippen molar-refractivity contribution < 1.29 is 9.53 Å². The Labute approximate surface area is 173 Å². The Bertz CT molecular complexity index is 1120. The van der Waals surface area contributed by atoms with Gasteiger partial charge in [-0.05, 0) is 25.5 Å². The van der Waals surface area contributed by atoms with Gasteiger partial charge in [0.25, 0.3) is 0 Å². The lowest BCUT2D eigenvalue weighted by atomic mass is 10.0. The van der Waals surface area contributed by atoms with Crippen LogP contribution in [0, 0.1) is 0 Å². The van der Waals surface area contributed by atoms with E-state index in [1.165, 1.54) is 0 Å². The lowest BCUT2D eigenvalue weighted by Crippen LogP contribution is -2.21. The standard InChI is InChI=1S/C21H23N7O2/c1-3-6-17-20-27-26-19(16(21(29)30-4-2)9-15-11-23-13-24-15)28(20)12-18(25-17)14-7-5-8-22-10-14/h5,7-8,10-13,16H,3-4,6,9H2,1-2H3,(H,23,24). The second-order valence-corrected chi connectivity index (χ2v) is 6.90. The number of H-pyrrole nitrogens is 1. The molecular weight excluding hydrogens is 382 g/mol. The van der Waals surface area contributed by atoms with Gasteiger partial charge in [0.2, 0.25) is 0 Å². The lowest BCUT2D eigenvalue weighted by molar-refractivity contribution is -0.145. The number of aromatic amines is 1. The van der Waals surface area contributed by atoms with E-state index in [-0.39, 0.29) is 5.97 Å². The molecule has 0 aliphatic rings. The van der Waals surface area contributed by atoms with Crippen LogP contribution in [-0.4, -0.2) is 47.1 Å². The lowest BCUT2D eigenvalue weighted by Gasteiger charge is -2.14. The van der Waals surface area contributed by atoms with Crippen molar-refractivity contribution in [3.63, 3.8) is 0 Å². The number of hydrogen-bond acceptors (Lipinski definition) is 7. The number of aryl methyl sites for hydroxylation is 1. The van der Waals surface area contributed by atoms with Crippen molar-refractivity contribution in [3.05, 3.63) is 60.5 Å². The summed E-state index contributed by atoms with van der Waals surface area (Å²) in [6.07, 6.45) is 10.7. The van der Waals surface area contributed by atoms with E-state index in [1.807, 2.05) is 22.7 Å². The number of esters is 1. The molecule has 30 heavy (non-hydrogen) atoms. The Balaban J connectivity index is 1.85. The van der Waals surface area contributed by atoms with E-state index < -0.39 is 5.92 Å². The average molecular weight is 405 g/mol. The summed E-state index contributed by atoms with van der Waals surface area (Å²) >= 11 is 0. The van der Waals surface area contributed by atoms with E-state index in [0.717, 1.165) is 35.5 Å². The van der Waals surface area contributed by atoms with Gasteiger partial charge in [0.15, 0.2) is 11.5 Å². The number of carbonyl (C=O) groups is 1. The van der Waals surface area contributed by atoms with Crippen LogP contribution in [0.1, 0.15) is 43.4 Å². The molecule has 0 aliphatic heterocycles. The van der Waals surface area contributed by atoms with E-state index in [4.69, 9.17) is 9.72 Å². The maximum atomic E-state index is 12.8. The summed E-state index contributed by atoms with van der Waals surface area (Å²) in [5.74, 6) is -0.458. The number of ether oxygens (including phenoxy) is 1. The minimum Gasteiger partial charge on any atom is -0.465 e. The molecule has 9 heteroatoms. The first-order valence-corrected chi connectivity index (χ1v) is 10.00. The highest BCUT2D eigenvalue weighted by atomic mass is 16.5. The third-order valence-corrected chi connectivity index (χ3v) is 4.79. The van der Waals surface area contributed by atoms with Gasteiger partial charge >= 0.3 is 5.97 Å². The molecule has 0 spiro atoms. The van der Waals surface area contributed by atoms with E-state index in [0.29, 0.717) is 24.5 Å². The van der Waals surface area contributed by atoms with Gasteiger partial charge in [-0.25, -0.2) is 9.97 Å². The number of pyridine rings is 1. The zero-order chi connectivity index (χ0) is 20.9. The van der Waals surface area contributed by atoms with Gasteiger partial charge in [0, 0.05) is 42.5 Å². The van der Waals surface area contributed by atoms with Gasteiger partial charge in [0.1, 0.15) is 5.92 Å². The predicted molar refractivity (Wildman–Crippen MR) is 110 cm³/mol. The van der Waals surface area contributed by atoms with Crippen LogP contribution in [0.3, 0.4) is 0 Å². The van der Waals surface area contributed by atoms with Crippen LogP contribution in [0.5, 0.6) is 0 Å². The monoisotopic (exact) mass is 405 g/mol. The smallest absolute Gasteiger partial charge is 0.317 e. The molecule has 4 heterocycles. The largest absolute Gasteiger partial charge is 0.465 e. The normalized spacial score (nSPS) is 12.2. The van der Waals surface area contributed by atoms with E-state index in [1.54, 1.807) is 31.8 Å². The summed E-state index contributed by atoms with van der Waals surface area (Å²) in [7, 11) is 0. The highest BCUT2D eigenvalue weighted by Crippen LogP contribution is 2.25. The van der Waals surface area contributed by atoms with Crippen molar-refractivity contribution in [3.8, 4) is 11.3 Å². The number of nitrogens with zero attached hydrogens (tertiary/aromatic N) is 6. The molecule has 0 radical (unpaired) electrons. The Kier molecular flexibility index (Phi) is 5.78. The van der Waals surface area contributed by atoms with Crippen LogP contribution in [0.25, 0.3) is 16.9 Å². The predicted octanol–water partition coefficient (Wildman–Crippen LogP) is 2.75. The zero-order valence-corrected chi connectivity index (χ0v) is 16.9. The van der Waals surface area contributed by atoms with Gasteiger partial charge in [0.05, 0.1) is 24.3 Å². The number of imidazole rings is 1. The molecule has 9 nitrogen and oxygen atoms in total. The highest BCUT2D eigenvalue weighted by molar-refractivity contribution is 5.78. The van der Waals surface area contributed by atoms with Crippen molar-refractivity contribution in [2.75, 3.05) is 6.61 Å². The van der Waals surface area contributed by atoms with Crippen LogP contribution in [0.4, 0.5) is 0 Å². The van der Waals surface area contributed by atoms with E-state index in [2.05, 4.69) is 32.1 Å². The van der Waals surface area contributed by atoms with E-state index in [9.17, 15) is 4.79 Å². The second kappa shape index (κ2) is 8.81. The fourth-order valence-electron chi connectivity index (χ4n) is 3.41. The van der Waals surface area contributed by atoms with Crippen molar-refractivity contribution in [2.45, 2.75) is 39.0 Å². The van der Waals surface area contributed by atoms with Crippen molar-refractivity contribution in [1.82, 2.24) is 34.5 Å².